The van der Waals surface area contributed by atoms with Crippen LogP contribution in [0.25, 0.3) is 17.2 Å². The third-order valence-electron chi connectivity index (χ3n) is 6.07. The Bertz CT molecular complexity index is 1410. The molecule has 1 aliphatic rings. The summed E-state index contributed by atoms with van der Waals surface area (Å²) in [6.07, 6.45) is 4.61. The molecular weight excluding hydrogens is 426 g/mol. The van der Waals surface area contributed by atoms with Crippen LogP contribution < -0.4 is 4.31 Å². The zero-order valence-electron chi connectivity index (χ0n) is 18.4. The largest absolute Gasteiger partial charge is 0.264 e. The lowest BCUT2D eigenvalue weighted by Gasteiger charge is -2.31. The Balaban J connectivity index is 1.72. The van der Waals surface area contributed by atoms with E-state index >= 15 is 0 Å². The maximum Gasteiger partial charge on any atom is 0.264 e. The highest BCUT2D eigenvalue weighted by Crippen LogP contribution is 2.41. The Hall–Kier alpha value is -3.63. The number of hydrogen-bond acceptors (Lipinski definition) is 2. The number of aryl methyl sites for hydroxylation is 1. The molecule has 3 nitrogen and oxygen atoms in total. The molecule has 4 aromatic carbocycles. The van der Waals surface area contributed by atoms with Crippen molar-refractivity contribution in [3.63, 3.8) is 0 Å². The van der Waals surface area contributed by atoms with E-state index in [1.54, 1.807) is 16.4 Å². The van der Waals surface area contributed by atoms with Crippen LogP contribution in [0.3, 0.4) is 0 Å². The van der Waals surface area contributed by atoms with Crippen LogP contribution in [0.15, 0.2) is 114 Å². The second-order valence-corrected chi connectivity index (χ2v) is 10.1. The summed E-state index contributed by atoms with van der Waals surface area (Å²) < 4.78 is 29.8. The molecule has 1 atom stereocenters. The second kappa shape index (κ2) is 8.72. The first-order valence-electron chi connectivity index (χ1n) is 11.1. The highest BCUT2D eigenvalue weighted by molar-refractivity contribution is 7.92. The number of benzene rings is 4. The molecule has 0 fully saturated rings. The van der Waals surface area contributed by atoms with Crippen LogP contribution >= 0.6 is 0 Å². The summed E-state index contributed by atoms with van der Waals surface area (Å²) in [6.45, 7) is 1.96. The van der Waals surface area contributed by atoms with Crippen LogP contribution in [0, 0.1) is 6.92 Å². The Labute approximate surface area is 195 Å². The van der Waals surface area contributed by atoms with Crippen molar-refractivity contribution in [2.24, 2.45) is 0 Å². The topological polar surface area (TPSA) is 37.4 Å². The predicted octanol–water partition coefficient (Wildman–Crippen LogP) is 6.50. The molecule has 164 valence electrons. The van der Waals surface area contributed by atoms with Gasteiger partial charge in [0.15, 0.2) is 0 Å². The quantitative estimate of drug-likeness (QED) is 0.355. The minimum Gasteiger partial charge on any atom is -0.258 e. The van der Waals surface area contributed by atoms with Crippen molar-refractivity contribution in [1.29, 1.82) is 0 Å². The zero-order chi connectivity index (χ0) is 22.8. The summed E-state index contributed by atoms with van der Waals surface area (Å²) in [4.78, 5) is 0.298. The van der Waals surface area contributed by atoms with Gasteiger partial charge in [0, 0.05) is 5.56 Å². The van der Waals surface area contributed by atoms with Crippen LogP contribution in [0.5, 0.6) is 0 Å². The zero-order valence-corrected chi connectivity index (χ0v) is 19.2. The molecule has 0 saturated carbocycles. The number of hydrogen-bond donors (Lipinski definition) is 0. The molecule has 0 aliphatic carbocycles. The lowest BCUT2D eigenvalue weighted by molar-refractivity contribution is 0.585. The SMILES string of the molecule is Cc1ccc(S(=O)(=O)N2c3ccccc3-c3ccccc3CC2/C=C/c2ccccc2)cc1. The number of para-hydroxylation sites is 1. The molecule has 1 unspecified atom stereocenters. The van der Waals surface area contributed by atoms with Crippen molar-refractivity contribution < 1.29 is 8.42 Å². The molecule has 33 heavy (non-hydrogen) atoms. The summed E-state index contributed by atoms with van der Waals surface area (Å²) in [5, 5.41) is 0. The fourth-order valence-corrected chi connectivity index (χ4v) is 6.03. The summed E-state index contributed by atoms with van der Waals surface area (Å²) in [5.74, 6) is 0. The van der Waals surface area contributed by atoms with E-state index in [1.165, 1.54) is 0 Å². The minimum atomic E-state index is -3.80. The number of nitrogens with zero attached hydrogens (tertiary/aromatic N) is 1. The third kappa shape index (κ3) is 4.10. The van der Waals surface area contributed by atoms with Gasteiger partial charge in [0.25, 0.3) is 10.0 Å². The Morgan fingerprint density at radius 2 is 1.39 bits per heavy atom. The predicted molar refractivity (Wildman–Crippen MR) is 136 cm³/mol. The molecule has 0 N–H and O–H groups in total. The monoisotopic (exact) mass is 451 g/mol. The van der Waals surface area contributed by atoms with Gasteiger partial charge >= 0.3 is 0 Å². The van der Waals surface area contributed by atoms with E-state index in [2.05, 4.69) is 12.1 Å². The fourth-order valence-electron chi connectivity index (χ4n) is 4.41. The number of sulfonamides is 1. The van der Waals surface area contributed by atoms with Crippen LogP contribution in [0.4, 0.5) is 5.69 Å². The molecule has 4 heteroatoms. The summed E-state index contributed by atoms with van der Waals surface area (Å²) >= 11 is 0. The van der Waals surface area contributed by atoms with Gasteiger partial charge in [-0.2, -0.15) is 0 Å². The number of anilines is 1. The highest BCUT2D eigenvalue weighted by atomic mass is 32.2. The first-order valence-corrected chi connectivity index (χ1v) is 12.5. The van der Waals surface area contributed by atoms with Crippen molar-refractivity contribution in [3.05, 3.63) is 126 Å². The highest BCUT2D eigenvalue weighted by Gasteiger charge is 2.35. The molecule has 4 aromatic rings. The van der Waals surface area contributed by atoms with E-state index in [0.717, 1.165) is 27.8 Å². The van der Waals surface area contributed by atoms with Crippen LogP contribution in [-0.4, -0.2) is 14.5 Å². The van der Waals surface area contributed by atoms with Gasteiger partial charge in [0.1, 0.15) is 0 Å². The molecule has 0 radical (unpaired) electrons. The first-order chi connectivity index (χ1) is 16.0. The van der Waals surface area contributed by atoms with E-state index in [1.807, 2.05) is 97.9 Å². The molecule has 5 rings (SSSR count). The molecule has 0 amide bonds. The van der Waals surface area contributed by atoms with Crippen molar-refractivity contribution in [2.75, 3.05) is 4.31 Å². The molecule has 0 spiro atoms. The molecule has 1 aliphatic heterocycles. The third-order valence-corrected chi connectivity index (χ3v) is 7.92. The van der Waals surface area contributed by atoms with E-state index in [0.29, 0.717) is 17.0 Å². The maximum absolute atomic E-state index is 14.1. The normalized spacial score (nSPS) is 15.7. The van der Waals surface area contributed by atoms with Gasteiger partial charge in [-0.05, 0) is 48.2 Å². The summed E-state index contributed by atoms with van der Waals surface area (Å²) in [5.41, 5.74) is 5.90. The van der Waals surface area contributed by atoms with Gasteiger partial charge in [-0.15, -0.1) is 0 Å². The van der Waals surface area contributed by atoms with Gasteiger partial charge in [0.05, 0.1) is 16.6 Å². The summed E-state index contributed by atoms with van der Waals surface area (Å²) in [7, 11) is -3.80. The molecule has 0 saturated heterocycles. The Morgan fingerprint density at radius 3 is 2.15 bits per heavy atom. The van der Waals surface area contributed by atoms with Gasteiger partial charge in [-0.25, -0.2) is 8.42 Å². The minimum absolute atomic E-state index is 0.298. The van der Waals surface area contributed by atoms with Gasteiger partial charge < -0.3 is 0 Å². The first kappa shape index (κ1) is 21.2. The Morgan fingerprint density at radius 1 is 0.758 bits per heavy atom. The molecular formula is C29H25NO2S. The van der Waals surface area contributed by atoms with Crippen molar-refractivity contribution >= 4 is 21.8 Å². The van der Waals surface area contributed by atoms with Crippen molar-refractivity contribution in [3.8, 4) is 11.1 Å². The number of rotatable bonds is 4. The fraction of sp³-hybridized carbons (Fsp3) is 0.103. The van der Waals surface area contributed by atoms with E-state index in [9.17, 15) is 8.42 Å². The average molecular weight is 452 g/mol. The average Bonchev–Trinajstić information content (AvgIpc) is 2.98. The summed E-state index contributed by atoms with van der Waals surface area (Å²) in [6, 6.07) is 32.7. The van der Waals surface area contributed by atoms with Crippen molar-refractivity contribution in [1.82, 2.24) is 0 Å². The van der Waals surface area contributed by atoms with E-state index < -0.39 is 10.0 Å². The van der Waals surface area contributed by atoms with E-state index in [4.69, 9.17) is 0 Å². The molecule has 0 aromatic heterocycles. The molecule has 1 heterocycles. The van der Waals surface area contributed by atoms with Crippen LogP contribution in [0.1, 0.15) is 16.7 Å². The second-order valence-electron chi connectivity index (χ2n) is 8.33. The Kier molecular flexibility index (Phi) is 5.61. The lowest BCUT2D eigenvalue weighted by atomic mass is 9.96. The number of fused-ring (bicyclic) bond motifs is 3. The van der Waals surface area contributed by atoms with Gasteiger partial charge in [-0.1, -0.05) is 103 Å². The van der Waals surface area contributed by atoms with E-state index in [-0.39, 0.29) is 6.04 Å². The van der Waals surface area contributed by atoms with Gasteiger partial charge in [0.2, 0.25) is 0 Å². The van der Waals surface area contributed by atoms with Gasteiger partial charge in [-0.3, -0.25) is 4.31 Å². The standard InChI is InChI=1S/C29H25NO2S/c1-22-15-19-26(20-16-22)33(31,32)30-25(18-17-23-9-3-2-4-10-23)21-24-11-5-6-12-27(24)28-13-7-8-14-29(28)30/h2-20,25H,21H2,1H3/b18-17+. The lowest BCUT2D eigenvalue weighted by Crippen LogP contribution is -2.40. The smallest absolute Gasteiger partial charge is 0.258 e. The molecule has 0 bridgehead atoms. The maximum atomic E-state index is 14.1. The van der Waals surface area contributed by atoms with Crippen LogP contribution in [0.2, 0.25) is 0 Å². The van der Waals surface area contributed by atoms with Crippen molar-refractivity contribution in [2.45, 2.75) is 24.3 Å². The van der Waals surface area contributed by atoms with Crippen LogP contribution in [-0.2, 0) is 16.4 Å².